The number of carbonyl (C=O) groups excluding carboxylic acids is 1. The SMILES string of the molecule is CSCCNC(=NCC(=O)N(C)C)NCCc1nc2c(s1)CCCC2. The van der Waals surface area contributed by atoms with Crippen LogP contribution in [0.5, 0.6) is 0 Å². The van der Waals surface area contributed by atoms with E-state index in [1.165, 1.54) is 34.8 Å². The first-order chi connectivity index (χ1) is 12.1. The van der Waals surface area contributed by atoms with Crippen molar-refractivity contribution in [2.75, 3.05) is 45.7 Å². The van der Waals surface area contributed by atoms with Gasteiger partial charge in [-0.15, -0.1) is 11.3 Å². The minimum absolute atomic E-state index is 0.00133. The van der Waals surface area contributed by atoms with E-state index < -0.39 is 0 Å². The molecule has 8 heteroatoms. The van der Waals surface area contributed by atoms with Crippen molar-refractivity contribution in [1.29, 1.82) is 0 Å². The monoisotopic (exact) mass is 383 g/mol. The maximum atomic E-state index is 11.7. The van der Waals surface area contributed by atoms with Gasteiger partial charge in [0.05, 0.1) is 10.7 Å². The molecule has 2 N–H and O–H groups in total. The summed E-state index contributed by atoms with van der Waals surface area (Å²) in [5.41, 5.74) is 1.31. The summed E-state index contributed by atoms with van der Waals surface area (Å²) in [6, 6.07) is 0. The summed E-state index contributed by atoms with van der Waals surface area (Å²) in [5, 5.41) is 7.81. The van der Waals surface area contributed by atoms with Gasteiger partial charge in [-0.05, 0) is 31.9 Å². The van der Waals surface area contributed by atoms with E-state index in [9.17, 15) is 4.79 Å². The van der Waals surface area contributed by atoms with Crippen LogP contribution in [0.1, 0.15) is 28.4 Å². The van der Waals surface area contributed by atoms with Gasteiger partial charge in [0.15, 0.2) is 5.96 Å². The highest BCUT2D eigenvalue weighted by atomic mass is 32.2. The van der Waals surface area contributed by atoms with Gasteiger partial charge in [-0.1, -0.05) is 0 Å². The zero-order valence-corrected chi connectivity index (χ0v) is 17.1. The second kappa shape index (κ2) is 10.7. The molecule has 0 atom stereocenters. The second-order valence-corrected chi connectivity index (χ2v) is 8.39. The molecule has 6 nitrogen and oxygen atoms in total. The first-order valence-corrected chi connectivity index (χ1v) is 11.0. The van der Waals surface area contributed by atoms with Gasteiger partial charge in [0.2, 0.25) is 5.91 Å². The number of nitrogens with zero attached hydrogens (tertiary/aromatic N) is 3. The van der Waals surface area contributed by atoms with Gasteiger partial charge < -0.3 is 15.5 Å². The summed E-state index contributed by atoms with van der Waals surface area (Å²) in [5.74, 6) is 1.70. The summed E-state index contributed by atoms with van der Waals surface area (Å²) in [4.78, 5) is 23.9. The van der Waals surface area contributed by atoms with E-state index in [1.54, 1.807) is 30.8 Å². The molecule has 1 aliphatic rings. The molecule has 1 aromatic rings. The molecule has 1 amide bonds. The third-order valence-corrected chi connectivity index (χ3v) is 5.82. The fraction of sp³-hybridized carbons (Fsp3) is 0.706. The van der Waals surface area contributed by atoms with Crippen LogP contribution in [0.2, 0.25) is 0 Å². The van der Waals surface area contributed by atoms with Crippen molar-refractivity contribution in [3.8, 4) is 0 Å². The van der Waals surface area contributed by atoms with Gasteiger partial charge in [-0.2, -0.15) is 11.8 Å². The lowest BCUT2D eigenvalue weighted by Crippen LogP contribution is -2.40. The lowest BCUT2D eigenvalue weighted by molar-refractivity contribution is -0.127. The van der Waals surface area contributed by atoms with Crippen molar-refractivity contribution in [1.82, 2.24) is 20.5 Å². The molecule has 1 aromatic heterocycles. The topological polar surface area (TPSA) is 69.6 Å². The fourth-order valence-electron chi connectivity index (χ4n) is 2.53. The maximum absolute atomic E-state index is 11.7. The van der Waals surface area contributed by atoms with Crippen molar-refractivity contribution < 1.29 is 4.79 Å². The van der Waals surface area contributed by atoms with E-state index in [0.717, 1.165) is 31.7 Å². The molecule has 1 heterocycles. The second-order valence-electron chi connectivity index (χ2n) is 6.23. The Balaban J connectivity index is 1.84. The van der Waals surface area contributed by atoms with E-state index in [2.05, 4.69) is 21.9 Å². The minimum Gasteiger partial charge on any atom is -0.356 e. The van der Waals surface area contributed by atoms with E-state index in [4.69, 9.17) is 4.98 Å². The number of thioether (sulfide) groups is 1. The summed E-state index contributed by atoms with van der Waals surface area (Å²) in [7, 11) is 3.49. The molecule has 0 aliphatic heterocycles. The van der Waals surface area contributed by atoms with Crippen LogP contribution in [-0.4, -0.2) is 67.5 Å². The Hall–Kier alpha value is -1.28. The zero-order chi connectivity index (χ0) is 18.1. The molecule has 0 saturated heterocycles. The number of guanidine groups is 1. The molecule has 0 unspecified atom stereocenters. The van der Waals surface area contributed by atoms with Crippen LogP contribution in [0.15, 0.2) is 4.99 Å². The molecule has 140 valence electrons. The number of aliphatic imine (C=N–C) groups is 1. The number of amides is 1. The summed E-state index contributed by atoms with van der Waals surface area (Å²) < 4.78 is 0. The number of thiazole rings is 1. The first kappa shape index (κ1) is 20.0. The normalized spacial score (nSPS) is 14.1. The van der Waals surface area contributed by atoms with Gasteiger partial charge in [0.25, 0.3) is 0 Å². The van der Waals surface area contributed by atoms with Crippen LogP contribution in [-0.2, 0) is 24.1 Å². The first-order valence-electron chi connectivity index (χ1n) is 8.79. The number of hydrogen-bond donors (Lipinski definition) is 2. The molecule has 1 aliphatic carbocycles. The number of aryl methyl sites for hydroxylation is 2. The third kappa shape index (κ3) is 6.86. The van der Waals surface area contributed by atoms with Crippen LogP contribution in [0, 0.1) is 0 Å². The highest BCUT2D eigenvalue weighted by molar-refractivity contribution is 7.98. The Morgan fingerprint density at radius 2 is 2.04 bits per heavy atom. The fourth-order valence-corrected chi connectivity index (χ4v) is 4.00. The average molecular weight is 384 g/mol. The van der Waals surface area contributed by atoms with Crippen molar-refractivity contribution in [3.63, 3.8) is 0 Å². The maximum Gasteiger partial charge on any atom is 0.243 e. The quantitative estimate of drug-likeness (QED) is 0.405. The van der Waals surface area contributed by atoms with Crippen molar-refractivity contribution in [2.45, 2.75) is 32.1 Å². The molecule has 0 fully saturated rings. The number of hydrogen-bond acceptors (Lipinski definition) is 5. The lowest BCUT2D eigenvalue weighted by atomic mass is 10.0. The highest BCUT2D eigenvalue weighted by Crippen LogP contribution is 2.26. The molecule has 0 saturated carbocycles. The molecule has 0 bridgehead atoms. The van der Waals surface area contributed by atoms with Gasteiger partial charge >= 0.3 is 0 Å². The molecule has 25 heavy (non-hydrogen) atoms. The third-order valence-electron chi connectivity index (χ3n) is 3.99. The highest BCUT2D eigenvalue weighted by Gasteiger charge is 2.14. The van der Waals surface area contributed by atoms with E-state index in [1.807, 2.05) is 11.3 Å². The standard InChI is InChI=1S/C17H29N5OS2/c1-22(2)16(23)12-20-17(19-10-11-24-3)18-9-8-15-21-13-6-4-5-7-14(13)25-15/h4-12H2,1-3H3,(H2,18,19,20). The van der Waals surface area contributed by atoms with Crippen LogP contribution < -0.4 is 10.6 Å². The number of carbonyl (C=O) groups is 1. The largest absolute Gasteiger partial charge is 0.356 e. The van der Waals surface area contributed by atoms with Crippen molar-refractivity contribution in [2.24, 2.45) is 4.99 Å². The molecule has 0 radical (unpaired) electrons. The molecule has 2 rings (SSSR count). The lowest BCUT2D eigenvalue weighted by Gasteiger charge is -2.13. The Morgan fingerprint density at radius 3 is 2.76 bits per heavy atom. The van der Waals surface area contributed by atoms with Gasteiger partial charge in [-0.25, -0.2) is 9.98 Å². The van der Waals surface area contributed by atoms with Gasteiger partial charge in [0.1, 0.15) is 6.54 Å². The number of likely N-dealkylation sites (N-methyl/N-ethyl adjacent to an activating group) is 1. The average Bonchev–Trinajstić information content (AvgIpc) is 3.01. The summed E-state index contributed by atoms with van der Waals surface area (Å²) in [6.07, 6.45) is 7.85. The number of fused-ring (bicyclic) bond motifs is 1. The predicted octanol–water partition coefficient (Wildman–Crippen LogP) is 1.55. The van der Waals surface area contributed by atoms with E-state index >= 15 is 0 Å². The Morgan fingerprint density at radius 1 is 1.28 bits per heavy atom. The van der Waals surface area contributed by atoms with E-state index in [0.29, 0.717) is 5.96 Å². The van der Waals surface area contributed by atoms with Crippen LogP contribution in [0.25, 0.3) is 0 Å². The predicted molar refractivity (Wildman–Crippen MR) is 108 cm³/mol. The number of rotatable bonds is 8. The van der Waals surface area contributed by atoms with Gasteiger partial charge in [-0.3, -0.25) is 4.79 Å². The molecular formula is C17H29N5OS2. The number of nitrogens with one attached hydrogen (secondary N) is 2. The van der Waals surface area contributed by atoms with Crippen molar-refractivity contribution >= 4 is 35.0 Å². The van der Waals surface area contributed by atoms with Gasteiger partial charge in [0, 0.05) is 44.2 Å². The Kier molecular flexibility index (Phi) is 8.54. The Labute approximate surface area is 158 Å². The zero-order valence-electron chi connectivity index (χ0n) is 15.4. The molecular weight excluding hydrogens is 354 g/mol. The molecule has 0 aromatic carbocycles. The smallest absolute Gasteiger partial charge is 0.243 e. The van der Waals surface area contributed by atoms with Crippen LogP contribution >= 0.6 is 23.1 Å². The van der Waals surface area contributed by atoms with E-state index in [-0.39, 0.29) is 12.5 Å². The van der Waals surface area contributed by atoms with Crippen LogP contribution in [0.4, 0.5) is 0 Å². The van der Waals surface area contributed by atoms with Crippen LogP contribution in [0.3, 0.4) is 0 Å². The summed E-state index contributed by atoms with van der Waals surface area (Å²) >= 11 is 3.64. The van der Waals surface area contributed by atoms with Crippen molar-refractivity contribution in [3.05, 3.63) is 15.6 Å². The Bertz CT molecular complexity index is 562. The summed E-state index contributed by atoms with van der Waals surface area (Å²) in [6.45, 7) is 1.76. The minimum atomic E-state index is -0.00133. The molecule has 0 spiro atoms. The number of aromatic nitrogens is 1.